The molecule has 2 atom stereocenters. The van der Waals surface area contributed by atoms with Crippen molar-refractivity contribution in [3.05, 3.63) is 48.0 Å². The van der Waals surface area contributed by atoms with Crippen LogP contribution in [0.1, 0.15) is 17.9 Å². The van der Waals surface area contributed by atoms with Gasteiger partial charge < -0.3 is 10.8 Å². The maximum atomic E-state index is 11.3. The molecule has 0 bridgehead atoms. The third kappa shape index (κ3) is 4.16. The lowest BCUT2D eigenvalue weighted by molar-refractivity contribution is 0.477. The normalized spacial score (nSPS) is 19.7. The lowest BCUT2D eigenvalue weighted by Crippen LogP contribution is -2.09. The summed E-state index contributed by atoms with van der Waals surface area (Å²) in [5, 5.41) is 10.0. The quantitative estimate of drug-likeness (QED) is 0.736. The molecule has 4 N–H and O–H groups in total. The van der Waals surface area contributed by atoms with Crippen LogP contribution in [0.5, 0.6) is 5.75 Å². The van der Waals surface area contributed by atoms with Crippen LogP contribution in [0.3, 0.4) is 0 Å². The second-order valence-corrected chi connectivity index (χ2v) is 7.48. The van der Waals surface area contributed by atoms with Crippen LogP contribution in [0.25, 0.3) is 11.1 Å². The van der Waals surface area contributed by atoms with Gasteiger partial charge in [-0.05, 0) is 35.7 Å². The van der Waals surface area contributed by atoms with E-state index in [1.165, 1.54) is 17.7 Å². The fourth-order valence-corrected chi connectivity index (χ4v) is 3.11. The third-order valence-corrected chi connectivity index (χ3v) is 4.40. The minimum atomic E-state index is -3.35. The summed E-state index contributed by atoms with van der Waals surface area (Å²) < 4.78 is 25.0. The van der Waals surface area contributed by atoms with Crippen molar-refractivity contribution < 1.29 is 13.5 Å². The van der Waals surface area contributed by atoms with E-state index < -0.39 is 10.0 Å². The minimum absolute atomic E-state index is 0. The van der Waals surface area contributed by atoms with Crippen LogP contribution >= 0.6 is 12.4 Å². The molecule has 7 heteroatoms. The van der Waals surface area contributed by atoms with Crippen molar-refractivity contribution in [3.8, 4) is 16.9 Å². The Morgan fingerprint density at radius 1 is 1.17 bits per heavy atom. The number of hydrogen-bond acceptors (Lipinski definition) is 4. The van der Waals surface area contributed by atoms with E-state index >= 15 is 0 Å². The predicted octanol–water partition coefficient (Wildman–Crippen LogP) is 2.67. The number of nitrogens with one attached hydrogen (secondary N) is 1. The summed E-state index contributed by atoms with van der Waals surface area (Å²) in [7, 11) is -3.35. The molecule has 0 spiro atoms. The first-order chi connectivity index (χ1) is 10.3. The summed E-state index contributed by atoms with van der Waals surface area (Å²) in [4.78, 5) is 0. The summed E-state index contributed by atoms with van der Waals surface area (Å²) in [5.41, 5.74) is 8.87. The van der Waals surface area contributed by atoms with Crippen molar-refractivity contribution in [2.45, 2.75) is 18.4 Å². The Kier molecular flexibility index (Phi) is 4.89. The van der Waals surface area contributed by atoms with E-state index in [0.29, 0.717) is 17.2 Å². The van der Waals surface area contributed by atoms with Crippen molar-refractivity contribution in [2.24, 2.45) is 5.73 Å². The van der Waals surface area contributed by atoms with Gasteiger partial charge in [-0.25, -0.2) is 8.42 Å². The Balaban J connectivity index is 0.00000192. The number of anilines is 1. The largest absolute Gasteiger partial charge is 0.507 e. The van der Waals surface area contributed by atoms with Gasteiger partial charge in [-0.1, -0.05) is 24.3 Å². The molecule has 0 aromatic heterocycles. The number of halogens is 1. The summed E-state index contributed by atoms with van der Waals surface area (Å²) in [5.74, 6) is 0.538. The van der Waals surface area contributed by atoms with Crippen molar-refractivity contribution in [1.82, 2.24) is 0 Å². The van der Waals surface area contributed by atoms with E-state index in [9.17, 15) is 13.5 Å². The summed E-state index contributed by atoms with van der Waals surface area (Å²) >= 11 is 0. The molecule has 0 amide bonds. The zero-order chi connectivity index (χ0) is 15.9. The van der Waals surface area contributed by atoms with Crippen LogP contribution in [0.4, 0.5) is 5.69 Å². The molecule has 0 heterocycles. The SMILES string of the molecule is CS(=O)(=O)Nc1ccc(O)c(-c2ccc([C@@H]3C[C@H]3N)cc2)c1.Cl. The first kappa shape index (κ1) is 17.6. The zero-order valence-electron chi connectivity index (χ0n) is 12.6. The number of nitrogens with two attached hydrogens (primary N) is 1. The number of benzene rings is 2. The van der Waals surface area contributed by atoms with Crippen molar-refractivity contribution in [3.63, 3.8) is 0 Å². The van der Waals surface area contributed by atoms with Gasteiger partial charge in [-0.15, -0.1) is 12.4 Å². The zero-order valence-corrected chi connectivity index (χ0v) is 14.2. The smallest absolute Gasteiger partial charge is 0.229 e. The van der Waals surface area contributed by atoms with Crippen LogP contribution in [0.15, 0.2) is 42.5 Å². The van der Waals surface area contributed by atoms with Gasteiger partial charge >= 0.3 is 0 Å². The molecule has 1 aliphatic carbocycles. The van der Waals surface area contributed by atoms with E-state index in [4.69, 9.17) is 5.73 Å². The van der Waals surface area contributed by atoms with Crippen molar-refractivity contribution in [1.29, 1.82) is 0 Å². The topological polar surface area (TPSA) is 92.4 Å². The van der Waals surface area contributed by atoms with E-state index in [1.54, 1.807) is 6.07 Å². The average Bonchev–Trinajstić information content (AvgIpc) is 3.17. The average molecular weight is 355 g/mol. The van der Waals surface area contributed by atoms with Crippen LogP contribution in [-0.4, -0.2) is 25.8 Å². The van der Waals surface area contributed by atoms with Crippen LogP contribution < -0.4 is 10.5 Å². The Morgan fingerprint density at radius 2 is 1.78 bits per heavy atom. The summed E-state index contributed by atoms with van der Waals surface area (Å²) in [6.07, 6.45) is 2.10. The molecule has 1 fully saturated rings. The molecule has 2 aromatic rings. The Labute approximate surface area is 142 Å². The fourth-order valence-electron chi connectivity index (χ4n) is 2.55. The van der Waals surface area contributed by atoms with Crippen LogP contribution in [0, 0.1) is 0 Å². The molecule has 0 saturated heterocycles. The van der Waals surface area contributed by atoms with Gasteiger partial charge in [0.1, 0.15) is 5.75 Å². The number of hydrogen-bond donors (Lipinski definition) is 3. The molecule has 0 unspecified atom stereocenters. The van der Waals surface area contributed by atoms with Crippen LogP contribution in [0.2, 0.25) is 0 Å². The molecule has 0 aliphatic heterocycles. The number of rotatable bonds is 4. The van der Waals surface area contributed by atoms with Crippen molar-refractivity contribution >= 4 is 28.1 Å². The highest BCUT2D eigenvalue weighted by Gasteiger charge is 2.34. The lowest BCUT2D eigenvalue weighted by atomic mass is 10.0. The van der Waals surface area contributed by atoms with Gasteiger partial charge in [-0.2, -0.15) is 0 Å². The molecule has 124 valence electrons. The molecule has 23 heavy (non-hydrogen) atoms. The first-order valence-corrected chi connectivity index (χ1v) is 8.89. The highest BCUT2D eigenvalue weighted by Crippen LogP contribution is 2.40. The molecule has 2 aromatic carbocycles. The Morgan fingerprint density at radius 3 is 2.30 bits per heavy atom. The Hall–Kier alpha value is -1.76. The standard InChI is InChI=1S/C16H18N2O3S.ClH/c1-22(20,21)18-12-6-7-16(19)14(8-12)11-4-2-10(3-5-11)13-9-15(13)17;/h2-8,13,15,18-19H,9,17H2,1H3;1H/t13-,15+;/m0./s1. The van der Waals surface area contributed by atoms with Gasteiger partial charge in [0.15, 0.2) is 0 Å². The van der Waals surface area contributed by atoms with E-state index in [2.05, 4.69) is 4.72 Å². The van der Waals surface area contributed by atoms with Crippen LogP contribution in [-0.2, 0) is 10.0 Å². The minimum Gasteiger partial charge on any atom is -0.507 e. The lowest BCUT2D eigenvalue weighted by Gasteiger charge is -2.10. The van der Waals surface area contributed by atoms with E-state index in [0.717, 1.165) is 18.2 Å². The monoisotopic (exact) mass is 354 g/mol. The maximum absolute atomic E-state index is 11.3. The first-order valence-electron chi connectivity index (χ1n) is 7.00. The number of aromatic hydroxyl groups is 1. The predicted molar refractivity (Wildman–Crippen MR) is 94.6 cm³/mol. The molecule has 3 rings (SSSR count). The van der Waals surface area contributed by atoms with E-state index in [-0.39, 0.29) is 24.2 Å². The van der Waals surface area contributed by atoms with Gasteiger partial charge in [0, 0.05) is 23.2 Å². The highest BCUT2D eigenvalue weighted by molar-refractivity contribution is 7.92. The Bertz CT molecular complexity index is 807. The number of phenolic OH excluding ortho intramolecular Hbond substituents is 1. The van der Waals surface area contributed by atoms with Gasteiger partial charge in [0.2, 0.25) is 10.0 Å². The molecular formula is C16H19ClN2O3S. The van der Waals surface area contributed by atoms with Gasteiger partial charge in [0.05, 0.1) is 6.26 Å². The van der Waals surface area contributed by atoms with Crippen molar-refractivity contribution in [2.75, 3.05) is 11.0 Å². The number of phenols is 1. The number of sulfonamides is 1. The molecule has 1 aliphatic rings. The van der Waals surface area contributed by atoms with Gasteiger partial charge in [0.25, 0.3) is 0 Å². The van der Waals surface area contributed by atoms with Gasteiger partial charge in [-0.3, -0.25) is 4.72 Å². The molecule has 1 saturated carbocycles. The highest BCUT2D eigenvalue weighted by atomic mass is 35.5. The second kappa shape index (κ2) is 6.39. The maximum Gasteiger partial charge on any atom is 0.229 e. The molecular weight excluding hydrogens is 336 g/mol. The second-order valence-electron chi connectivity index (χ2n) is 5.73. The molecule has 0 radical (unpaired) electrons. The molecule has 5 nitrogen and oxygen atoms in total. The van der Waals surface area contributed by atoms with E-state index in [1.807, 2.05) is 24.3 Å². The third-order valence-electron chi connectivity index (χ3n) is 3.79. The fraction of sp³-hybridized carbons (Fsp3) is 0.250. The summed E-state index contributed by atoms with van der Waals surface area (Å²) in [6.45, 7) is 0. The summed E-state index contributed by atoms with van der Waals surface area (Å²) in [6, 6.07) is 12.7.